The minimum absolute atomic E-state index is 0.215. The molecule has 6 nitrogen and oxygen atoms in total. The summed E-state index contributed by atoms with van der Waals surface area (Å²) in [6, 6.07) is 1.18. The molecule has 1 radical (unpaired) electrons. The van der Waals surface area contributed by atoms with Crippen LogP contribution in [0.25, 0.3) is 5.65 Å². The normalized spacial score (nSPS) is 17.4. The van der Waals surface area contributed by atoms with E-state index in [-0.39, 0.29) is 5.92 Å². The summed E-state index contributed by atoms with van der Waals surface area (Å²) in [7, 11) is 0.974. The van der Waals surface area contributed by atoms with Gasteiger partial charge in [0.05, 0.1) is 24.4 Å². The third-order valence-electron chi connectivity index (χ3n) is 4.43. The van der Waals surface area contributed by atoms with Crippen LogP contribution in [0.5, 0.6) is 0 Å². The number of nitrogens with zero attached hydrogens (tertiary/aromatic N) is 5. The number of thioether (sulfide) groups is 1. The SMILES string of the molecule is C[B]c1cn2c(C3C=NN(COCC[Si](C)(C)C)C3)cnc2c(SC)n1. The first-order chi connectivity index (χ1) is 12.4. The van der Waals surface area contributed by atoms with Crippen molar-refractivity contribution < 1.29 is 4.74 Å². The highest BCUT2D eigenvalue weighted by atomic mass is 32.2. The number of aromatic nitrogens is 3. The highest BCUT2D eigenvalue weighted by Crippen LogP contribution is 2.24. The van der Waals surface area contributed by atoms with Gasteiger partial charge in [0.1, 0.15) is 11.8 Å². The number of hydrogen-bond donors (Lipinski definition) is 0. The summed E-state index contributed by atoms with van der Waals surface area (Å²) in [6.07, 6.45) is 8.04. The van der Waals surface area contributed by atoms with Crippen LogP contribution < -0.4 is 5.59 Å². The van der Waals surface area contributed by atoms with E-state index in [0.717, 1.165) is 35.1 Å². The molecule has 9 heteroatoms. The molecule has 0 spiro atoms. The zero-order valence-electron chi connectivity index (χ0n) is 16.3. The van der Waals surface area contributed by atoms with Gasteiger partial charge in [0.25, 0.3) is 0 Å². The lowest BCUT2D eigenvalue weighted by molar-refractivity contribution is 0.0418. The Kier molecular flexibility index (Phi) is 6.09. The Labute approximate surface area is 161 Å². The fourth-order valence-electron chi connectivity index (χ4n) is 2.85. The number of fused-ring (bicyclic) bond motifs is 1. The molecule has 1 atom stereocenters. The maximum absolute atomic E-state index is 5.83. The highest BCUT2D eigenvalue weighted by molar-refractivity contribution is 7.98. The summed E-state index contributed by atoms with van der Waals surface area (Å²) in [5, 5.41) is 7.47. The average Bonchev–Trinajstić information content (AvgIpc) is 3.23. The second kappa shape index (κ2) is 8.14. The molecule has 2 aromatic heterocycles. The Morgan fingerprint density at radius 3 is 2.88 bits per heavy atom. The Balaban J connectivity index is 1.67. The van der Waals surface area contributed by atoms with E-state index < -0.39 is 8.07 Å². The molecular weight excluding hydrogens is 361 g/mol. The zero-order chi connectivity index (χ0) is 18.7. The van der Waals surface area contributed by atoms with Crippen molar-refractivity contribution in [3.05, 3.63) is 18.1 Å². The van der Waals surface area contributed by atoms with Crippen LogP contribution in [0.2, 0.25) is 32.5 Å². The number of ether oxygens (including phenoxy) is 1. The van der Waals surface area contributed by atoms with Gasteiger partial charge in [-0.05, 0) is 12.3 Å². The van der Waals surface area contributed by atoms with Gasteiger partial charge >= 0.3 is 0 Å². The maximum atomic E-state index is 5.83. The van der Waals surface area contributed by atoms with Crippen molar-refractivity contribution in [2.75, 3.05) is 26.1 Å². The summed E-state index contributed by atoms with van der Waals surface area (Å²) in [5.41, 5.74) is 3.02. The highest BCUT2D eigenvalue weighted by Gasteiger charge is 2.24. The molecule has 0 fully saturated rings. The van der Waals surface area contributed by atoms with Gasteiger partial charge < -0.3 is 9.14 Å². The van der Waals surface area contributed by atoms with Crippen molar-refractivity contribution in [3.8, 4) is 0 Å². The molecular formula is C17H27BN5OSSi. The van der Waals surface area contributed by atoms with Crippen molar-refractivity contribution in [1.82, 2.24) is 19.4 Å². The summed E-state index contributed by atoms with van der Waals surface area (Å²) in [5.74, 6) is 0.215. The number of hydrazone groups is 1. The monoisotopic (exact) mass is 388 g/mol. The lowest BCUT2D eigenvalue weighted by Gasteiger charge is -2.19. The molecule has 1 aliphatic rings. The molecule has 0 aromatic carbocycles. The van der Waals surface area contributed by atoms with Gasteiger partial charge in [-0.2, -0.15) is 5.10 Å². The van der Waals surface area contributed by atoms with E-state index in [9.17, 15) is 0 Å². The molecule has 0 saturated carbocycles. The van der Waals surface area contributed by atoms with Crippen LogP contribution in [-0.4, -0.2) is 67.1 Å². The smallest absolute Gasteiger partial charge is 0.176 e. The van der Waals surface area contributed by atoms with Gasteiger partial charge in [0.15, 0.2) is 12.9 Å². The van der Waals surface area contributed by atoms with Gasteiger partial charge in [-0.1, -0.05) is 26.5 Å². The zero-order valence-corrected chi connectivity index (χ0v) is 18.1. The van der Waals surface area contributed by atoms with Crippen LogP contribution >= 0.6 is 11.8 Å². The molecule has 2 aromatic rings. The lowest BCUT2D eigenvalue weighted by atomic mass is 9.78. The molecule has 26 heavy (non-hydrogen) atoms. The van der Waals surface area contributed by atoms with Crippen LogP contribution in [0.15, 0.2) is 22.5 Å². The Morgan fingerprint density at radius 2 is 2.19 bits per heavy atom. The molecule has 0 bridgehead atoms. The van der Waals surface area contributed by atoms with E-state index in [2.05, 4.69) is 45.3 Å². The van der Waals surface area contributed by atoms with Crippen LogP contribution in [0.3, 0.4) is 0 Å². The Morgan fingerprint density at radius 1 is 1.38 bits per heavy atom. The third kappa shape index (κ3) is 4.50. The van der Waals surface area contributed by atoms with Crippen molar-refractivity contribution >= 4 is 44.6 Å². The average molecular weight is 388 g/mol. The first-order valence-corrected chi connectivity index (χ1v) is 13.9. The van der Waals surface area contributed by atoms with E-state index >= 15 is 0 Å². The predicted octanol–water partition coefficient (Wildman–Crippen LogP) is 2.53. The molecule has 1 aliphatic heterocycles. The van der Waals surface area contributed by atoms with E-state index in [1.165, 1.54) is 6.04 Å². The van der Waals surface area contributed by atoms with Crippen molar-refractivity contribution in [3.63, 3.8) is 0 Å². The maximum Gasteiger partial charge on any atom is 0.176 e. The van der Waals surface area contributed by atoms with Gasteiger partial charge in [-0.15, -0.1) is 11.8 Å². The van der Waals surface area contributed by atoms with Crippen LogP contribution in [0.1, 0.15) is 11.6 Å². The van der Waals surface area contributed by atoms with E-state index in [1.807, 2.05) is 37.8 Å². The second-order valence-electron chi connectivity index (χ2n) is 7.75. The topological polar surface area (TPSA) is 55.0 Å². The Hall–Kier alpha value is -1.32. The van der Waals surface area contributed by atoms with Crippen LogP contribution in [0, 0.1) is 0 Å². The quantitative estimate of drug-likeness (QED) is 0.395. The van der Waals surface area contributed by atoms with Crippen LogP contribution in [0.4, 0.5) is 0 Å². The van der Waals surface area contributed by atoms with Crippen LogP contribution in [-0.2, 0) is 4.74 Å². The molecule has 0 N–H and O–H groups in total. The summed E-state index contributed by atoms with van der Waals surface area (Å²) in [6.45, 7) is 11.3. The summed E-state index contributed by atoms with van der Waals surface area (Å²) < 4.78 is 7.98. The Bertz CT molecular complexity index is 791. The van der Waals surface area contributed by atoms with Gasteiger partial charge in [-0.3, -0.25) is 9.99 Å². The molecule has 0 amide bonds. The van der Waals surface area contributed by atoms with Gasteiger partial charge in [0.2, 0.25) is 0 Å². The fourth-order valence-corrected chi connectivity index (χ4v) is 4.13. The minimum atomic E-state index is -1.04. The number of imidazole rings is 1. The molecule has 0 aliphatic carbocycles. The second-order valence-corrected chi connectivity index (χ2v) is 14.2. The minimum Gasteiger partial charge on any atom is -0.360 e. The number of hydrogen-bond acceptors (Lipinski definition) is 6. The molecule has 0 saturated heterocycles. The summed E-state index contributed by atoms with van der Waals surface area (Å²) in [4.78, 5) is 9.22. The molecule has 1 unspecified atom stereocenters. The first kappa shape index (κ1) is 19.4. The first-order valence-electron chi connectivity index (χ1n) is 8.99. The van der Waals surface area contributed by atoms with E-state index in [0.29, 0.717) is 6.73 Å². The van der Waals surface area contributed by atoms with E-state index in [4.69, 9.17) is 4.74 Å². The largest absolute Gasteiger partial charge is 0.360 e. The summed E-state index contributed by atoms with van der Waals surface area (Å²) >= 11 is 1.62. The molecule has 3 heterocycles. The van der Waals surface area contributed by atoms with E-state index in [1.54, 1.807) is 11.8 Å². The third-order valence-corrected chi connectivity index (χ3v) is 6.80. The molecule has 3 rings (SSSR count). The number of rotatable bonds is 8. The fraction of sp³-hybridized carbons (Fsp3) is 0.588. The van der Waals surface area contributed by atoms with Gasteiger partial charge in [-0.25, -0.2) is 4.98 Å². The lowest BCUT2D eigenvalue weighted by Crippen LogP contribution is -2.25. The van der Waals surface area contributed by atoms with Gasteiger partial charge in [0, 0.05) is 32.7 Å². The predicted molar refractivity (Wildman–Crippen MR) is 113 cm³/mol. The van der Waals surface area contributed by atoms with Crippen molar-refractivity contribution in [2.45, 2.75) is 43.5 Å². The molecule has 139 valence electrons. The standard InChI is InChI=1S/C17H27BN5OSSi/c1-18-15-11-23-14(9-19-16(23)17(21-15)25-2)13-8-20-22(10-13)12-24-6-7-26(3,4)5/h8-9,11,13H,6-7,10,12H2,1-5H3. The van der Waals surface area contributed by atoms with Crippen molar-refractivity contribution in [1.29, 1.82) is 0 Å². The van der Waals surface area contributed by atoms with Crippen molar-refractivity contribution in [2.24, 2.45) is 5.10 Å².